The molecule has 3 aliphatic heterocycles. The quantitative estimate of drug-likeness (QED) is 0.771. The van der Waals surface area contributed by atoms with Crippen LogP contribution in [0.25, 0.3) is 0 Å². The molecule has 4 heterocycles. The maximum atomic E-state index is 6.03. The highest BCUT2D eigenvalue weighted by Crippen LogP contribution is 2.37. The summed E-state index contributed by atoms with van der Waals surface area (Å²) in [7, 11) is 0. The number of halogens is 1. The highest BCUT2D eigenvalue weighted by atomic mass is 35.5. The van der Waals surface area contributed by atoms with Crippen molar-refractivity contribution in [3.8, 4) is 0 Å². The molecule has 5 rings (SSSR count). The van der Waals surface area contributed by atoms with Crippen LogP contribution in [0.2, 0.25) is 5.02 Å². The molecule has 3 aliphatic rings. The molecule has 1 aromatic carbocycles. The highest BCUT2D eigenvalue weighted by Gasteiger charge is 2.26. The van der Waals surface area contributed by atoms with Gasteiger partial charge in [-0.1, -0.05) is 11.6 Å². The lowest BCUT2D eigenvalue weighted by atomic mass is 10.1. The minimum absolute atomic E-state index is 0.457. The van der Waals surface area contributed by atoms with Crippen molar-refractivity contribution in [1.82, 2.24) is 15.3 Å². The Morgan fingerprint density at radius 3 is 2.62 bits per heavy atom. The van der Waals surface area contributed by atoms with Gasteiger partial charge in [0.2, 0.25) is 5.95 Å². The van der Waals surface area contributed by atoms with Crippen LogP contribution in [0.4, 0.5) is 17.5 Å². The lowest BCUT2D eigenvalue weighted by molar-refractivity contribution is 0.478. The Kier molecular flexibility index (Phi) is 5.70. The largest absolute Gasteiger partial charge is 0.368 e. The molecule has 2 saturated heterocycles. The molecule has 1 aromatic heterocycles. The Bertz CT molecular complexity index is 847. The van der Waals surface area contributed by atoms with Crippen LogP contribution in [0, 0.1) is 0 Å². The molecule has 0 amide bonds. The third-order valence-corrected chi connectivity index (χ3v) is 7.28. The van der Waals surface area contributed by atoms with Crippen LogP contribution in [-0.2, 0) is 6.42 Å². The van der Waals surface area contributed by atoms with Gasteiger partial charge in [-0.05, 0) is 43.7 Å². The van der Waals surface area contributed by atoms with Crippen LogP contribution in [0.3, 0.4) is 0 Å². The summed E-state index contributed by atoms with van der Waals surface area (Å²) in [5.41, 5.74) is 2.44. The van der Waals surface area contributed by atoms with Gasteiger partial charge in [0, 0.05) is 61.6 Å². The van der Waals surface area contributed by atoms with Crippen LogP contribution in [-0.4, -0.2) is 61.0 Å². The van der Waals surface area contributed by atoms with Crippen LogP contribution in [0.15, 0.2) is 29.2 Å². The lowest BCUT2D eigenvalue weighted by Crippen LogP contribution is -2.47. The van der Waals surface area contributed by atoms with E-state index in [1.165, 1.54) is 29.1 Å². The number of aryl methyl sites for hydroxylation is 1. The fourth-order valence-electron chi connectivity index (χ4n) is 4.28. The number of nitrogens with one attached hydrogen (secondary N) is 2. The molecule has 0 saturated carbocycles. The normalized spacial score (nSPS) is 21.9. The molecule has 154 valence electrons. The smallest absolute Gasteiger partial charge is 0.227 e. The van der Waals surface area contributed by atoms with E-state index in [4.69, 9.17) is 21.6 Å². The summed E-state index contributed by atoms with van der Waals surface area (Å²) >= 11 is 7.92. The van der Waals surface area contributed by atoms with E-state index in [9.17, 15) is 0 Å². The summed E-state index contributed by atoms with van der Waals surface area (Å²) in [5.74, 6) is 3.03. The summed E-state index contributed by atoms with van der Waals surface area (Å²) in [5, 5.41) is 7.99. The van der Waals surface area contributed by atoms with Crippen LogP contribution >= 0.6 is 23.4 Å². The lowest BCUT2D eigenvalue weighted by Gasteiger charge is -2.36. The van der Waals surface area contributed by atoms with Crippen molar-refractivity contribution in [2.45, 2.75) is 30.2 Å². The van der Waals surface area contributed by atoms with Crippen molar-refractivity contribution in [2.75, 3.05) is 60.1 Å². The van der Waals surface area contributed by atoms with Crippen LogP contribution in [0.1, 0.15) is 18.5 Å². The van der Waals surface area contributed by atoms with E-state index in [0.29, 0.717) is 6.04 Å². The molecule has 2 N–H and O–H groups in total. The average Bonchev–Trinajstić information content (AvgIpc) is 3.24. The number of nitrogens with zero attached hydrogens (tertiary/aromatic N) is 4. The Hall–Kier alpha value is -1.70. The summed E-state index contributed by atoms with van der Waals surface area (Å²) in [6.07, 6.45) is 3.46. The van der Waals surface area contributed by atoms with E-state index in [0.717, 1.165) is 68.2 Å². The minimum Gasteiger partial charge on any atom is -0.368 e. The van der Waals surface area contributed by atoms with Crippen molar-refractivity contribution in [3.63, 3.8) is 0 Å². The summed E-state index contributed by atoms with van der Waals surface area (Å²) in [6.45, 7) is 5.92. The van der Waals surface area contributed by atoms with Crippen molar-refractivity contribution in [3.05, 3.63) is 35.0 Å². The van der Waals surface area contributed by atoms with Gasteiger partial charge in [0.05, 0.1) is 10.6 Å². The van der Waals surface area contributed by atoms with Gasteiger partial charge < -0.3 is 20.4 Å². The second kappa shape index (κ2) is 8.58. The average molecular weight is 431 g/mol. The predicted molar refractivity (Wildman–Crippen MR) is 122 cm³/mol. The molecule has 0 bridgehead atoms. The molecule has 1 atom stereocenters. The van der Waals surface area contributed by atoms with Gasteiger partial charge in [-0.15, -0.1) is 11.8 Å². The first-order valence-corrected chi connectivity index (χ1v) is 11.9. The Labute approximate surface area is 181 Å². The highest BCUT2D eigenvalue weighted by molar-refractivity contribution is 7.99. The number of fused-ring (bicyclic) bond motifs is 1. The van der Waals surface area contributed by atoms with E-state index in [1.807, 2.05) is 23.9 Å². The number of aromatic nitrogens is 2. The van der Waals surface area contributed by atoms with Gasteiger partial charge in [-0.25, -0.2) is 4.98 Å². The summed E-state index contributed by atoms with van der Waals surface area (Å²) in [6, 6.07) is 8.58. The van der Waals surface area contributed by atoms with Gasteiger partial charge in [0.15, 0.2) is 0 Å². The molecule has 2 fully saturated rings. The molecule has 0 radical (unpaired) electrons. The Morgan fingerprint density at radius 1 is 1.07 bits per heavy atom. The molecule has 1 unspecified atom stereocenters. The molecule has 8 heteroatoms. The standard InChI is InChI=1S/C21H27ClN6S/c22-15-3-5-17(6-4-15)27-9-11-28(12-10-27)21-25-18-7-13-29-19(18)20(26-21)24-16-2-1-8-23-14-16/h3-6,16,23H,1-2,7-14H2,(H,24,25,26). The summed E-state index contributed by atoms with van der Waals surface area (Å²) in [4.78, 5) is 15.9. The molecular formula is C21H27ClN6S. The van der Waals surface area contributed by atoms with Gasteiger partial charge in [0.25, 0.3) is 0 Å². The topological polar surface area (TPSA) is 56.3 Å². The first-order valence-electron chi connectivity index (χ1n) is 10.5. The Morgan fingerprint density at radius 2 is 1.86 bits per heavy atom. The van der Waals surface area contributed by atoms with Gasteiger partial charge in [0.1, 0.15) is 5.82 Å². The number of rotatable bonds is 4. The molecule has 2 aromatic rings. The fraction of sp³-hybridized carbons (Fsp3) is 0.524. The molecule has 6 nitrogen and oxygen atoms in total. The number of thioether (sulfide) groups is 1. The van der Waals surface area contributed by atoms with Crippen molar-refractivity contribution in [1.29, 1.82) is 0 Å². The molecule has 0 spiro atoms. The number of hydrogen-bond donors (Lipinski definition) is 2. The zero-order valence-corrected chi connectivity index (χ0v) is 18.1. The van der Waals surface area contributed by atoms with Crippen LogP contribution < -0.4 is 20.4 Å². The molecule has 29 heavy (non-hydrogen) atoms. The third kappa shape index (κ3) is 4.27. The predicted octanol–water partition coefficient (Wildman–Crippen LogP) is 3.27. The number of benzene rings is 1. The molecular weight excluding hydrogens is 404 g/mol. The van der Waals surface area contributed by atoms with E-state index in [-0.39, 0.29) is 0 Å². The fourth-order valence-corrected chi connectivity index (χ4v) is 5.46. The van der Waals surface area contributed by atoms with E-state index >= 15 is 0 Å². The monoisotopic (exact) mass is 430 g/mol. The maximum absolute atomic E-state index is 6.03. The zero-order valence-electron chi connectivity index (χ0n) is 16.5. The summed E-state index contributed by atoms with van der Waals surface area (Å²) < 4.78 is 0. The van der Waals surface area contributed by atoms with Crippen molar-refractivity contribution in [2.24, 2.45) is 0 Å². The second-order valence-electron chi connectivity index (χ2n) is 7.88. The van der Waals surface area contributed by atoms with Crippen molar-refractivity contribution >= 4 is 40.8 Å². The van der Waals surface area contributed by atoms with E-state index in [1.54, 1.807) is 0 Å². The number of piperazine rings is 1. The Balaban J connectivity index is 1.31. The minimum atomic E-state index is 0.457. The number of piperidine rings is 1. The zero-order chi connectivity index (χ0) is 19.6. The van der Waals surface area contributed by atoms with E-state index in [2.05, 4.69) is 32.6 Å². The number of hydrogen-bond acceptors (Lipinski definition) is 7. The first-order chi connectivity index (χ1) is 14.3. The van der Waals surface area contributed by atoms with Gasteiger partial charge in [-0.2, -0.15) is 4.98 Å². The van der Waals surface area contributed by atoms with E-state index < -0.39 is 0 Å². The van der Waals surface area contributed by atoms with Crippen LogP contribution in [0.5, 0.6) is 0 Å². The SMILES string of the molecule is Clc1ccc(N2CCN(c3nc4c(c(NC5CCCNC5)n3)SCC4)CC2)cc1. The third-order valence-electron chi connectivity index (χ3n) is 5.90. The number of anilines is 3. The second-order valence-corrected chi connectivity index (χ2v) is 9.43. The van der Waals surface area contributed by atoms with Gasteiger partial charge >= 0.3 is 0 Å². The molecule has 0 aliphatic carbocycles. The van der Waals surface area contributed by atoms with Crippen molar-refractivity contribution < 1.29 is 0 Å². The van der Waals surface area contributed by atoms with Gasteiger partial charge in [-0.3, -0.25) is 0 Å². The first kappa shape index (κ1) is 19.3. The maximum Gasteiger partial charge on any atom is 0.227 e.